The first-order valence-corrected chi connectivity index (χ1v) is 8.38. The third kappa shape index (κ3) is 4.67. The summed E-state index contributed by atoms with van der Waals surface area (Å²) in [6.07, 6.45) is 2.04. The maximum Gasteiger partial charge on any atom is 0.191 e. The Kier molecular flexibility index (Phi) is 5.99. The van der Waals surface area contributed by atoms with E-state index in [0.29, 0.717) is 12.6 Å². The second kappa shape index (κ2) is 7.77. The minimum absolute atomic E-state index is 0.0717. The molecule has 0 bridgehead atoms. The summed E-state index contributed by atoms with van der Waals surface area (Å²) < 4.78 is 14.0. The number of rotatable bonds is 7. The van der Waals surface area contributed by atoms with Gasteiger partial charge >= 0.3 is 0 Å². The molecule has 128 valence electrons. The average molecular weight is 320 g/mol. The summed E-state index contributed by atoms with van der Waals surface area (Å²) in [4.78, 5) is 6.54. The standard InChI is InChI=1S/C18H29FN4/c1-14(2)23(4)12-11-21-17(20-3)22-13-18(9-10-18)15-7-5-6-8-16(15)19/h5-8,14H,9-13H2,1-4H3,(H2,20,21,22). The first-order chi connectivity index (χ1) is 11.0. The lowest BCUT2D eigenvalue weighted by Crippen LogP contribution is -2.44. The number of guanidine groups is 1. The summed E-state index contributed by atoms with van der Waals surface area (Å²) in [5, 5.41) is 6.68. The Bertz CT molecular complexity index is 538. The molecule has 2 rings (SSSR count). The Morgan fingerprint density at radius 2 is 2.00 bits per heavy atom. The van der Waals surface area contributed by atoms with Crippen LogP contribution in [-0.2, 0) is 5.41 Å². The minimum atomic E-state index is -0.103. The fraction of sp³-hybridized carbons (Fsp3) is 0.611. The van der Waals surface area contributed by atoms with Crippen LogP contribution in [0, 0.1) is 5.82 Å². The fourth-order valence-corrected chi connectivity index (χ4v) is 2.67. The lowest BCUT2D eigenvalue weighted by molar-refractivity contribution is 0.278. The number of hydrogen-bond donors (Lipinski definition) is 2. The van der Waals surface area contributed by atoms with E-state index in [1.165, 1.54) is 0 Å². The first kappa shape index (κ1) is 17.7. The molecule has 5 heteroatoms. The van der Waals surface area contributed by atoms with Gasteiger partial charge in [-0.05, 0) is 45.4 Å². The highest BCUT2D eigenvalue weighted by atomic mass is 19.1. The highest BCUT2D eigenvalue weighted by Gasteiger charge is 2.45. The molecule has 1 saturated carbocycles. The molecule has 1 aliphatic carbocycles. The average Bonchev–Trinajstić information content (AvgIpc) is 3.31. The van der Waals surface area contributed by atoms with Crippen molar-refractivity contribution in [2.45, 2.75) is 38.1 Å². The van der Waals surface area contributed by atoms with Crippen molar-refractivity contribution >= 4 is 5.96 Å². The van der Waals surface area contributed by atoms with Crippen LogP contribution in [0.25, 0.3) is 0 Å². The predicted octanol–water partition coefficient (Wildman–Crippen LogP) is 2.36. The van der Waals surface area contributed by atoms with Crippen LogP contribution in [0.1, 0.15) is 32.3 Å². The van der Waals surface area contributed by atoms with E-state index in [9.17, 15) is 4.39 Å². The van der Waals surface area contributed by atoms with Gasteiger partial charge in [-0.1, -0.05) is 18.2 Å². The number of nitrogens with one attached hydrogen (secondary N) is 2. The Morgan fingerprint density at radius 3 is 2.57 bits per heavy atom. The molecule has 0 radical (unpaired) electrons. The summed E-state index contributed by atoms with van der Waals surface area (Å²) in [6, 6.07) is 7.63. The third-order valence-corrected chi connectivity index (χ3v) is 4.76. The zero-order chi connectivity index (χ0) is 16.9. The topological polar surface area (TPSA) is 39.7 Å². The quantitative estimate of drug-likeness (QED) is 0.598. The van der Waals surface area contributed by atoms with Crippen LogP contribution in [0.4, 0.5) is 4.39 Å². The number of benzene rings is 1. The van der Waals surface area contributed by atoms with E-state index in [2.05, 4.69) is 41.4 Å². The number of likely N-dealkylation sites (N-methyl/N-ethyl adjacent to an activating group) is 1. The Labute approximate surface area is 139 Å². The van der Waals surface area contributed by atoms with Gasteiger partial charge in [-0.25, -0.2) is 4.39 Å². The van der Waals surface area contributed by atoms with Crippen molar-refractivity contribution in [3.63, 3.8) is 0 Å². The van der Waals surface area contributed by atoms with Crippen LogP contribution in [0.2, 0.25) is 0 Å². The molecule has 0 unspecified atom stereocenters. The lowest BCUT2D eigenvalue weighted by Gasteiger charge is -2.23. The molecular weight excluding hydrogens is 291 g/mol. The number of nitrogens with zero attached hydrogens (tertiary/aromatic N) is 2. The van der Waals surface area contributed by atoms with E-state index in [4.69, 9.17) is 0 Å². The van der Waals surface area contributed by atoms with Crippen LogP contribution in [0.15, 0.2) is 29.3 Å². The normalized spacial score (nSPS) is 16.7. The maximum absolute atomic E-state index is 14.0. The van der Waals surface area contributed by atoms with E-state index in [1.807, 2.05) is 12.1 Å². The van der Waals surface area contributed by atoms with Gasteiger partial charge in [0, 0.05) is 38.1 Å². The van der Waals surface area contributed by atoms with E-state index in [-0.39, 0.29) is 11.2 Å². The number of hydrogen-bond acceptors (Lipinski definition) is 2. The number of halogens is 1. The van der Waals surface area contributed by atoms with Crippen molar-refractivity contribution in [1.29, 1.82) is 0 Å². The highest BCUT2D eigenvalue weighted by Crippen LogP contribution is 2.48. The van der Waals surface area contributed by atoms with Crippen molar-refractivity contribution in [1.82, 2.24) is 15.5 Å². The minimum Gasteiger partial charge on any atom is -0.356 e. The Balaban J connectivity index is 1.83. The summed E-state index contributed by atoms with van der Waals surface area (Å²) in [5.74, 6) is 0.679. The van der Waals surface area contributed by atoms with E-state index in [1.54, 1.807) is 19.2 Å². The molecule has 23 heavy (non-hydrogen) atoms. The van der Waals surface area contributed by atoms with Crippen LogP contribution in [-0.4, -0.2) is 50.6 Å². The van der Waals surface area contributed by atoms with Gasteiger partial charge in [0.15, 0.2) is 5.96 Å². The Hall–Kier alpha value is -1.62. The lowest BCUT2D eigenvalue weighted by atomic mass is 9.95. The van der Waals surface area contributed by atoms with Gasteiger partial charge in [0.1, 0.15) is 5.82 Å². The molecule has 0 aromatic heterocycles. The summed E-state index contributed by atoms with van der Waals surface area (Å²) in [7, 11) is 3.88. The SMILES string of the molecule is CN=C(NCCN(C)C(C)C)NCC1(c2ccccc2F)CC1. The smallest absolute Gasteiger partial charge is 0.191 e. The fourth-order valence-electron chi connectivity index (χ4n) is 2.67. The van der Waals surface area contributed by atoms with Crippen molar-refractivity contribution in [2.24, 2.45) is 4.99 Å². The van der Waals surface area contributed by atoms with Crippen molar-refractivity contribution < 1.29 is 4.39 Å². The molecule has 0 heterocycles. The summed E-state index contributed by atoms with van der Waals surface area (Å²) in [6.45, 7) is 6.86. The largest absolute Gasteiger partial charge is 0.356 e. The van der Waals surface area contributed by atoms with Gasteiger partial charge < -0.3 is 15.5 Å². The van der Waals surface area contributed by atoms with Gasteiger partial charge in [0.2, 0.25) is 0 Å². The van der Waals surface area contributed by atoms with Crippen molar-refractivity contribution in [2.75, 3.05) is 33.7 Å². The van der Waals surface area contributed by atoms with Gasteiger partial charge in [0.05, 0.1) is 0 Å². The zero-order valence-corrected chi connectivity index (χ0v) is 14.7. The van der Waals surface area contributed by atoms with Gasteiger partial charge in [-0.3, -0.25) is 4.99 Å². The van der Waals surface area contributed by atoms with Gasteiger partial charge in [-0.2, -0.15) is 0 Å². The monoisotopic (exact) mass is 320 g/mol. The number of aliphatic imine (C=N–C) groups is 1. The third-order valence-electron chi connectivity index (χ3n) is 4.76. The molecule has 0 aliphatic heterocycles. The van der Waals surface area contributed by atoms with Crippen molar-refractivity contribution in [3.05, 3.63) is 35.6 Å². The summed E-state index contributed by atoms with van der Waals surface area (Å²) in [5.41, 5.74) is 0.750. The van der Waals surface area contributed by atoms with Crippen molar-refractivity contribution in [3.8, 4) is 0 Å². The Morgan fingerprint density at radius 1 is 1.30 bits per heavy atom. The van der Waals surface area contributed by atoms with Crippen LogP contribution in [0.5, 0.6) is 0 Å². The molecule has 1 aliphatic rings. The van der Waals surface area contributed by atoms with Crippen LogP contribution < -0.4 is 10.6 Å². The van der Waals surface area contributed by atoms with Gasteiger partial charge in [-0.15, -0.1) is 0 Å². The van der Waals surface area contributed by atoms with E-state index >= 15 is 0 Å². The van der Waals surface area contributed by atoms with Crippen LogP contribution >= 0.6 is 0 Å². The molecule has 1 aromatic rings. The molecule has 0 amide bonds. The molecule has 4 nitrogen and oxygen atoms in total. The molecular formula is C18H29FN4. The molecule has 2 N–H and O–H groups in total. The second-order valence-electron chi connectivity index (χ2n) is 6.69. The van der Waals surface area contributed by atoms with E-state index in [0.717, 1.165) is 37.5 Å². The molecule has 1 aromatic carbocycles. The predicted molar refractivity (Wildman–Crippen MR) is 94.4 cm³/mol. The maximum atomic E-state index is 14.0. The zero-order valence-electron chi connectivity index (χ0n) is 14.7. The molecule has 0 spiro atoms. The molecule has 0 saturated heterocycles. The first-order valence-electron chi connectivity index (χ1n) is 8.38. The van der Waals surface area contributed by atoms with E-state index < -0.39 is 0 Å². The second-order valence-corrected chi connectivity index (χ2v) is 6.69. The highest BCUT2D eigenvalue weighted by molar-refractivity contribution is 5.79. The van der Waals surface area contributed by atoms with Gasteiger partial charge in [0.25, 0.3) is 0 Å². The molecule has 1 fully saturated rings. The summed E-state index contributed by atoms with van der Waals surface area (Å²) >= 11 is 0. The molecule has 0 atom stereocenters. The van der Waals surface area contributed by atoms with Crippen LogP contribution in [0.3, 0.4) is 0 Å².